The van der Waals surface area contributed by atoms with E-state index in [9.17, 15) is 0 Å². The topological polar surface area (TPSA) is 23.9 Å². The first-order valence-electron chi connectivity index (χ1n) is 5.79. The minimum atomic E-state index is 0.704. The zero-order chi connectivity index (χ0) is 11.7. The number of fused-ring (bicyclic) bond motifs is 2. The van der Waals surface area contributed by atoms with Crippen molar-refractivity contribution in [3.8, 4) is 0 Å². The summed E-state index contributed by atoms with van der Waals surface area (Å²) in [6.45, 7) is 0. The molecule has 0 atom stereocenters. The summed E-state index contributed by atoms with van der Waals surface area (Å²) in [6.07, 6.45) is 13.2. The fourth-order valence-electron chi connectivity index (χ4n) is 2.31. The van der Waals surface area contributed by atoms with Crippen LogP contribution in [0.5, 0.6) is 0 Å². The highest BCUT2D eigenvalue weighted by molar-refractivity contribution is 6.24. The Morgan fingerprint density at radius 1 is 1.00 bits per heavy atom. The van der Waals surface area contributed by atoms with E-state index in [4.69, 9.17) is 5.41 Å². The largest absolute Gasteiger partial charge is 0.304 e. The lowest BCUT2D eigenvalue weighted by Crippen LogP contribution is -2.30. The molecule has 1 heteroatoms. The summed E-state index contributed by atoms with van der Waals surface area (Å²) in [5.74, 6) is 0. The Kier molecular flexibility index (Phi) is 2.37. The number of nitrogens with one attached hydrogen (secondary N) is 1. The maximum Gasteiger partial charge on any atom is 0.0436 e. The highest BCUT2D eigenvalue weighted by Gasteiger charge is 2.13. The minimum Gasteiger partial charge on any atom is -0.304 e. The number of hydrogen-bond acceptors (Lipinski definition) is 1. The van der Waals surface area contributed by atoms with Crippen LogP contribution in [-0.4, -0.2) is 5.71 Å². The summed E-state index contributed by atoms with van der Waals surface area (Å²) >= 11 is 0. The zero-order valence-electron chi connectivity index (χ0n) is 9.48. The molecule has 0 aromatic heterocycles. The lowest BCUT2D eigenvalue weighted by atomic mass is 9.90. The summed E-state index contributed by atoms with van der Waals surface area (Å²) in [4.78, 5) is 0. The van der Waals surface area contributed by atoms with Gasteiger partial charge in [0.2, 0.25) is 0 Å². The monoisotopic (exact) mass is 219 g/mol. The molecule has 1 aromatic carbocycles. The molecule has 0 saturated carbocycles. The molecule has 0 fully saturated rings. The van der Waals surface area contributed by atoms with Gasteiger partial charge in [-0.3, -0.25) is 0 Å². The number of rotatable bonds is 0. The Morgan fingerprint density at radius 3 is 2.76 bits per heavy atom. The first kappa shape index (κ1) is 10.0. The second-order valence-electron chi connectivity index (χ2n) is 4.22. The molecule has 0 heterocycles. The van der Waals surface area contributed by atoms with Gasteiger partial charge in [0.25, 0.3) is 0 Å². The van der Waals surface area contributed by atoms with Crippen molar-refractivity contribution in [2.45, 2.75) is 6.42 Å². The Bertz CT molecular complexity index is 684. The normalized spacial score (nSPS) is 27.6. The van der Waals surface area contributed by atoms with Crippen LogP contribution in [0.25, 0.3) is 11.6 Å². The molecule has 2 aliphatic rings. The second-order valence-corrected chi connectivity index (χ2v) is 4.22. The van der Waals surface area contributed by atoms with Crippen LogP contribution in [0, 0.1) is 5.41 Å². The van der Waals surface area contributed by atoms with Gasteiger partial charge in [0.05, 0.1) is 0 Å². The average molecular weight is 219 g/mol. The molecule has 0 aliphatic heterocycles. The van der Waals surface area contributed by atoms with Gasteiger partial charge in [0.15, 0.2) is 0 Å². The van der Waals surface area contributed by atoms with Crippen molar-refractivity contribution in [3.63, 3.8) is 0 Å². The van der Waals surface area contributed by atoms with Gasteiger partial charge in [-0.1, -0.05) is 60.7 Å². The van der Waals surface area contributed by atoms with Crippen LogP contribution in [0.3, 0.4) is 0 Å². The van der Waals surface area contributed by atoms with Crippen LogP contribution in [0.15, 0.2) is 60.2 Å². The van der Waals surface area contributed by atoms with E-state index in [1.54, 1.807) is 0 Å². The van der Waals surface area contributed by atoms with Crippen molar-refractivity contribution in [1.82, 2.24) is 0 Å². The molecule has 0 radical (unpaired) electrons. The van der Waals surface area contributed by atoms with Gasteiger partial charge in [-0.05, 0) is 16.0 Å². The SMILES string of the molecule is N=C1CC=C/C2=C/C=C\C=c3\cccc\c3=C/12. The van der Waals surface area contributed by atoms with E-state index in [1.807, 2.05) is 18.2 Å². The van der Waals surface area contributed by atoms with Crippen molar-refractivity contribution in [2.24, 2.45) is 0 Å². The predicted octanol–water partition coefficient (Wildman–Crippen LogP) is 2.09. The first-order chi connectivity index (χ1) is 8.36. The number of hydrogen-bond donors (Lipinski definition) is 1. The standard InChI is InChI=1S/C16H13N/c17-15-11-5-9-13-8-2-1-6-12-7-3-4-10-14(12)16(13)15/h1-10,17H,11H2/b2-1-,6-1?,8-2?,12-6-,13-8-,16-14+,17-15?. The van der Waals surface area contributed by atoms with Crippen LogP contribution >= 0.6 is 0 Å². The average Bonchev–Trinajstić information content (AvgIpc) is 2.32. The van der Waals surface area contributed by atoms with Crippen LogP contribution in [0.1, 0.15) is 6.42 Å². The summed E-state index contributed by atoms with van der Waals surface area (Å²) in [5, 5.41) is 10.5. The van der Waals surface area contributed by atoms with Crippen LogP contribution in [0.4, 0.5) is 0 Å². The second kappa shape index (κ2) is 4.02. The highest BCUT2D eigenvalue weighted by Crippen LogP contribution is 2.20. The molecule has 0 amide bonds. The molecule has 2 aliphatic carbocycles. The van der Waals surface area contributed by atoms with Gasteiger partial charge >= 0.3 is 0 Å². The molecule has 1 aromatic rings. The molecule has 3 rings (SSSR count). The molecule has 0 unspecified atom stereocenters. The summed E-state index contributed by atoms with van der Waals surface area (Å²) < 4.78 is 0. The van der Waals surface area contributed by atoms with E-state index in [2.05, 4.69) is 42.5 Å². The van der Waals surface area contributed by atoms with Crippen LogP contribution < -0.4 is 10.4 Å². The lowest BCUT2D eigenvalue weighted by Gasteiger charge is -2.15. The van der Waals surface area contributed by atoms with Crippen LogP contribution in [-0.2, 0) is 0 Å². The molecule has 0 saturated heterocycles. The van der Waals surface area contributed by atoms with E-state index in [0.717, 1.165) is 22.8 Å². The fourth-order valence-corrected chi connectivity index (χ4v) is 2.31. The third kappa shape index (κ3) is 1.70. The molecule has 17 heavy (non-hydrogen) atoms. The molecule has 0 bridgehead atoms. The van der Waals surface area contributed by atoms with Gasteiger partial charge < -0.3 is 5.41 Å². The summed E-state index contributed by atoms with van der Waals surface area (Å²) in [5.41, 5.74) is 2.91. The van der Waals surface area contributed by atoms with Gasteiger partial charge in [0.1, 0.15) is 0 Å². The van der Waals surface area contributed by atoms with E-state index < -0.39 is 0 Å². The molecule has 1 nitrogen and oxygen atoms in total. The van der Waals surface area contributed by atoms with Gasteiger partial charge in [-0.25, -0.2) is 0 Å². The fraction of sp³-hybridized carbons (Fsp3) is 0.0625. The summed E-state index contributed by atoms with van der Waals surface area (Å²) in [6, 6.07) is 8.27. The van der Waals surface area contributed by atoms with E-state index in [1.165, 1.54) is 5.22 Å². The van der Waals surface area contributed by atoms with E-state index in [0.29, 0.717) is 5.71 Å². The molecule has 82 valence electrons. The Labute approximate surface area is 100 Å². The van der Waals surface area contributed by atoms with Gasteiger partial charge in [-0.15, -0.1) is 0 Å². The quantitative estimate of drug-likeness (QED) is 0.691. The first-order valence-corrected chi connectivity index (χ1v) is 5.79. The maximum absolute atomic E-state index is 8.15. The van der Waals surface area contributed by atoms with Crippen molar-refractivity contribution >= 4 is 17.4 Å². The van der Waals surface area contributed by atoms with Crippen molar-refractivity contribution < 1.29 is 0 Å². The maximum atomic E-state index is 8.15. The lowest BCUT2D eigenvalue weighted by molar-refractivity contribution is 1.33. The van der Waals surface area contributed by atoms with Crippen LogP contribution in [0.2, 0.25) is 0 Å². The van der Waals surface area contributed by atoms with Crippen molar-refractivity contribution in [1.29, 1.82) is 5.41 Å². The van der Waals surface area contributed by atoms with Gasteiger partial charge in [0, 0.05) is 17.7 Å². The number of allylic oxidation sites excluding steroid dienone is 6. The third-order valence-electron chi connectivity index (χ3n) is 3.10. The minimum absolute atomic E-state index is 0.704. The third-order valence-corrected chi connectivity index (χ3v) is 3.10. The van der Waals surface area contributed by atoms with E-state index >= 15 is 0 Å². The molecule has 0 spiro atoms. The van der Waals surface area contributed by atoms with Gasteiger partial charge in [-0.2, -0.15) is 0 Å². The predicted molar refractivity (Wildman–Crippen MR) is 72.3 cm³/mol. The Balaban J connectivity index is 2.50. The van der Waals surface area contributed by atoms with Crippen molar-refractivity contribution in [2.75, 3.05) is 0 Å². The Hall–Kier alpha value is -2.15. The van der Waals surface area contributed by atoms with Crippen molar-refractivity contribution in [3.05, 3.63) is 70.7 Å². The number of benzene rings is 1. The highest BCUT2D eigenvalue weighted by atomic mass is 14.4. The molecular weight excluding hydrogens is 206 g/mol. The smallest absolute Gasteiger partial charge is 0.0436 e. The Morgan fingerprint density at radius 2 is 1.82 bits per heavy atom. The molecular formula is C16H13N. The summed E-state index contributed by atoms with van der Waals surface area (Å²) in [7, 11) is 0. The molecule has 1 N–H and O–H groups in total. The zero-order valence-corrected chi connectivity index (χ0v) is 9.48. The van der Waals surface area contributed by atoms with E-state index in [-0.39, 0.29) is 0 Å².